The standard InChI is InChI=1S/C10H12Si.2C4H9.Al/c1-11(2)9-8-10-6-4-3-5-7-10;2*1-4(2)3;/h3-8H,1-2H3;2*4H,1H2,2-3H3;. The topological polar surface area (TPSA) is 0 Å². The summed E-state index contributed by atoms with van der Waals surface area (Å²) in [5.41, 5.74) is 1.40. The number of rotatable bonds is 7. The minimum atomic E-state index is -0.786. The summed E-state index contributed by atoms with van der Waals surface area (Å²) in [5, 5.41) is 2.93. The quantitative estimate of drug-likeness (QED) is 0.566. The summed E-state index contributed by atoms with van der Waals surface area (Å²) in [7, 11) is -0.337. The normalized spacial score (nSPS) is 12.6. The molecule has 1 radical (unpaired) electrons. The Bertz CT molecular complexity index is 397. The van der Waals surface area contributed by atoms with Crippen LogP contribution in [-0.2, 0) is 0 Å². The van der Waals surface area contributed by atoms with E-state index in [1.165, 1.54) is 16.1 Å². The highest BCUT2D eigenvalue weighted by molar-refractivity contribution is 6.89. The van der Waals surface area contributed by atoms with Gasteiger partial charge in [0.2, 0.25) is 0 Å². The molecule has 0 saturated heterocycles. The highest BCUT2D eigenvalue weighted by atomic mass is 28.3. The first kappa shape index (κ1) is 17.8. The molecule has 0 aliphatic rings. The van der Waals surface area contributed by atoms with Gasteiger partial charge in [0.05, 0.1) is 8.80 Å². The van der Waals surface area contributed by atoms with Gasteiger partial charge in [0.15, 0.2) is 0 Å². The van der Waals surface area contributed by atoms with Gasteiger partial charge in [-0.1, -0.05) is 99.6 Å². The van der Waals surface area contributed by atoms with E-state index in [0.29, 0.717) is 0 Å². The fourth-order valence-electron chi connectivity index (χ4n) is 2.89. The second-order valence-corrected chi connectivity index (χ2v) is 13.1. The Morgan fingerprint density at radius 2 is 1.50 bits per heavy atom. The van der Waals surface area contributed by atoms with Gasteiger partial charge in [0.1, 0.15) is 0 Å². The summed E-state index contributed by atoms with van der Waals surface area (Å²) in [6.07, 6.45) is 2.54. The third-order valence-electron chi connectivity index (χ3n) is 3.65. The molecule has 0 bridgehead atoms. The lowest BCUT2D eigenvalue weighted by Gasteiger charge is -2.22. The molecule has 0 unspecified atom stereocenters. The van der Waals surface area contributed by atoms with Crippen molar-refractivity contribution in [2.24, 2.45) is 11.8 Å². The lowest BCUT2D eigenvalue weighted by atomic mass is 10.2. The Kier molecular flexibility index (Phi) is 7.88. The van der Waals surface area contributed by atoms with Crippen LogP contribution in [0.25, 0.3) is 6.08 Å². The van der Waals surface area contributed by atoms with E-state index in [9.17, 15) is 0 Å². The molecule has 0 aromatic heterocycles. The zero-order chi connectivity index (χ0) is 15.1. The molecule has 20 heavy (non-hydrogen) atoms. The van der Waals surface area contributed by atoms with Crippen LogP contribution in [0.3, 0.4) is 0 Å². The van der Waals surface area contributed by atoms with Crippen molar-refractivity contribution in [1.29, 1.82) is 0 Å². The van der Waals surface area contributed by atoms with Crippen molar-refractivity contribution in [3.8, 4) is 0 Å². The van der Waals surface area contributed by atoms with E-state index in [0.717, 1.165) is 11.8 Å². The first-order chi connectivity index (χ1) is 9.40. The average molecular weight is 302 g/mol. The van der Waals surface area contributed by atoms with Gasteiger partial charge < -0.3 is 0 Å². The van der Waals surface area contributed by atoms with Crippen LogP contribution in [0.5, 0.6) is 0 Å². The van der Waals surface area contributed by atoms with E-state index in [4.69, 9.17) is 0 Å². The Morgan fingerprint density at radius 3 is 1.90 bits per heavy atom. The van der Waals surface area contributed by atoms with Crippen LogP contribution in [0, 0.1) is 11.8 Å². The van der Waals surface area contributed by atoms with Gasteiger partial charge in [-0.25, -0.2) is 0 Å². The Morgan fingerprint density at radius 1 is 1.00 bits per heavy atom. The van der Waals surface area contributed by atoms with E-state index in [-0.39, 0.29) is 8.80 Å². The molecular weight excluding hydrogens is 271 g/mol. The first-order valence-corrected chi connectivity index (χ1v) is 12.7. The minimum absolute atomic E-state index is 0.337. The van der Waals surface area contributed by atoms with Gasteiger partial charge in [-0.3, -0.25) is 0 Å². The molecule has 0 heterocycles. The summed E-state index contributed by atoms with van der Waals surface area (Å²) in [5.74, 6) is 1.68. The van der Waals surface area contributed by atoms with Crippen LogP contribution in [0.2, 0.25) is 23.7 Å². The smallest absolute Gasteiger partial charge is 0.141 e. The summed E-state index contributed by atoms with van der Waals surface area (Å²) in [6.45, 7) is 14.5. The number of benzene rings is 1. The van der Waals surface area contributed by atoms with Crippen molar-refractivity contribution >= 4 is 29.0 Å². The van der Waals surface area contributed by atoms with Crippen LogP contribution in [0.1, 0.15) is 33.3 Å². The van der Waals surface area contributed by atoms with Gasteiger partial charge in [0, 0.05) is 0 Å². The average Bonchev–Trinajstić information content (AvgIpc) is 2.35. The molecule has 0 N–H and O–H groups in total. The Balaban J connectivity index is 3.04. The van der Waals surface area contributed by atoms with E-state index in [1.54, 1.807) is 0 Å². The van der Waals surface area contributed by atoms with Gasteiger partial charge in [-0.05, 0) is 5.56 Å². The molecule has 0 amide bonds. The van der Waals surface area contributed by atoms with Gasteiger partial charge in [0.25, 0.3) is 14.1 Å². The maximum Gasteiger partial charge on any atom is 0.294 e. The number of hydrogen-bond donors (Lipinski definition) is 0. The molecule has 0 aliphatic carbocycles. The van der Waals surface area contributed by atoms with Crippen molar-refractivity contribution in [3.05, 3.63) is 40.0 Å². The van der Waals surface area contributed by atoms with Crippen molar-refractivity contribution in [2.45, 2.75) is 51.4 Å². The molecule has 0 atom stereocenters. The first-order valence-electron chi connectivity index (χ1n) is 7.97. The maximum atomic E-state index is 2.54. The van der Waals surface area contributed by atoms with Crippen molar-refractivity contribution in [3.63, 3.8) is 0 Å². The van der Waals surface area contributed by atoms with Crippen LogP contribution in [0.4, 0.5) is 0 Å². The van der Waals surface area contributed by atoms with E-state index >= 15 is 0 Å². The van der Waals surface area contributed by atoms with Crippen LogP contribution >= 0.6 is 0 Å². The van der Waals surface area contributed by atoms with Crippen LogP contribution in [-0.4, -0.2) is 22.9 Å². The predicted octanol–water partition coefficient (Wildman–Crippen LogP) is 5.71. The second kappa shape index (κ2) is 8.88. The van der Waals surface area contributed by atoms with Crippen molar-refractivity contribution < 1.29 is 0 Å². The summed E-state index contributed by atoms with van der Waals surface area (Å²) in [6, 6.07) is 10.9. The fraction of sp³-hybridized carbons (Fsp3) is 0.556. The predicted molar refractivity (Wildman–Crippen MR) is 96.9 cm³/mol. The summed E-state index contributed by atoms with van der Waals surface area (Å²) >= 11 is -0.786. The molecule has 1 aromatic carbocycles. The molecule has 1 rings (SSSR count). The highest BCUT2D eigenvalue weighted by Gasteiger charge is 2.26. The fourth-order valence-corrected chi connectivity index (χ4v) is 10.7. The van der Waals surface area contributed by atoms with Crippen molar-refractivity contribution in [2.75, 3.05) is 0 Å². The van der Waals surface area contributed by atoms with Crippen molar-refractivity contribution in [1.82, 2.24) is 0 Å². The summed E-state index contributed by atoms with van der Waals surface area (Å²) < 4.78 is 1.86. The molecular formula is C18H30AlSi. The molecule has 0 nitrogen and oxygen atoms in total. The molecule has 109 valence electrons. The van der Waals surface area contributed by atoms with Gasteiger partial charge in [-0.2, -0.15) is 0 Å². The third kappa shape index (κ3) is 6.44. The second-order valence-electron chi connectivity index (χ2n) is 6.97. The largest absolute Gasteiger partial charge is 0.294 e. The third-order valence-corrected chi connectivity index (χ3v) is 12.0. The van der Waals surface area contributed by atoms with Gasteiger partial charge >= 0.3 is 0 Å². The highest BCUT2D eigenvalue weighted by Crippen LogP contribution is 2.24. The van der Waals surface area contributed by atoms with Crippen LogP contribution in [0.15, 0.2) is 34.4 Å². The molecule has 0 fully saturated rings. The summed E-state index contributed by atoms with van der Waals surface area (Å²) in [4.78, 5) is 0. The monoisotopic (exact) mass is 301 g/mol. The van der Waals surface area contributed by atoms with E-state index in [1.807, 2.05) is 4.06 Å². The molecule has 0 aliphatic heterocycles. The molecule has 0 spiro atoms. The Hall–Kier alpha value is -0.291. The lowest BCUT2D eigenvalue weighted by Crippen LogP contribution is -2.28. The van der Waals surface area contributed by atoms with E-state index in [2.05, 4.69) is 77.2 Å². The Labute approximate surface area is 132 Å². The van der Waals surface area contributed by atoms with Crippen LogP contribution < -0.4 is 0 Å². The lowest BCUT2D eigenvalue weighted by molar-refractivity contribution is 0.693. The maximum absolute atomic E-state index is 2.54. The molecule has 1 aromatic rings. The zero-order valence-electron chi connectivity index (χ0n) is 14.1. The molecule has 2 heteroatoms. The SMILES string of the molecule is CC(C)[CH2][Al]([CH2]C(C)C)/[C](=C/c1ccccc1)[Si](C)C. The minimum Gasteiger partial charge on any atom is -0.141 e. The number of hydrogen-bond acceptors (Lipinski definition) is 0. The van der Waals surface area contributed by atoms with E-state index < -0.39 is 14.1 Å². The van der Waals surface area contributed by atoms with Gasteiger partial charge in [-0.15, -0.1) is 4.06 Å². The molecule has 0 saturated carbocycles. The zero-order valence-corrected chi connectivity index (χ0v) is 16.3.